The van der Waals surface area contributed by atoms with E-state index in [1.165, 1.54) is 0 Å². The fraction of sp³-hybridized carbons (Fsp3) is 0.125. The van der Waals surface area contributed by atoms with Crippen molar-refractivity contribution in [1.82, 2.24) is 5.43 Å². The van der Waals surface area contributed by atoms with Gasteiger partial charge in [-0.25, -0.2) is 5.43 Å². The zero-order chi connectivity index (χ0) is 15.1. The number of nitrogens with zero attached hydrogens (tertiary/aromatic N) is 1. The monoisotopic (exact) mass is 302 g/mol. The number of ether oxygens (including phenoxy) is 1. The minimum Gasteiger partial charge on any atom is -0.493 e. The number of nitrogens with one attached hydrogen (secondary N) is 1. The Morgan fingerprint density at radius 1 is 1.24 bits per heavy atom. The third kappa shape index (κ3) is 4.33. The van der Waals surface area contributed by atoms with Gasteiger partial charge in [0.25, 0.3) is 5.91 Å². The highest BCUT2D eigenvalue weighted by Crippen LogP contribution is 2.15. The number of carbonyl (C=O) groups excluding carboxylic acids is 1. The van der Waals surface area contributed by atoms with Crippen molar-refractivity contribution in [2.45, 2.75) is 6.92 Å². The van der Waals surface area contributed by atoms with Crippen LogP contribution in [0.25, 0.3) is 0 Å². The Labute approximate surface area is 128 Å². The van der Waals surface area contributed by atoms with Gasteiger partial charge in [-0.1, -0.05) is 23.7 Å². The molecule has 2 rings (SSSR count). The first kappa shape index (κ1) is 15.1. The van der Waals surface area contributed by atoms with E-state index in [0.29, 0.717) is 17.2 Å². The molecule has 4 nitrogen and oxygen atoms in total. The van der Waals surface area contributed by atoms with E-state index >= 15 is 0 Å². The molecule has 108 valence electrons. The van der Waals surface area contributed by atoms with E-state index in [2.05, 4.69) is 10.5 Å². The first-order valence-corrected chi connectivity index (χ1v) is 6.89. The Morgan fingerprint density at radius 3 is 2.67 bits per heavy atom. The average Bonchev–Trinajstić information content (AvgIpc) is 2.50. The number of benzene rings is 2. The molecule has 5 heteroatoms. The molecule has 0 saturated carbocycles. The van der Waals surface area contributed by atoms with Crippen molar-refractivity contribution >= 4 is 23.7 Å². The first-order valence-electron chi connectivity index (χ1n) is 6.51. The number of hydrogen-bond donors (Lipinski definition) is 1. The van der Waals surface area contributed by atoms with E-state index in [-0.39, 0.29) is 5.91 Å². The van der Waals surface area contributed by atoms with Crippen molar-refractivity contribution in [3.63, 3.8) is 0 Å². The van der Waals surface area contributed by atoms with E-state index < -0.39 is 0 Å². The van der Waals surface area contributed by atoms with Crippen LogP contribution in [-0.2, 0) is 0 Å². The molecule has 0 spiro atoms. The van der Waals surface area contributed by atoms with Gasteiger partial charge in [0.15, 0.2) is 0 Å². The maximum absolute atomic E-state index is 11.9. The Morgan fingerprint density at radius 2 is 1.95 bits per heavy atom. The Balaban J connectivity index is 2.02. The molecule has 0 unspecified atom stereocenters. The molecule has 0 saturated heterocycles. The molecule has 0 aliphatic carbocycles. The van der Waals surface area contributed by atoms with Crippen LogP contribution in [0.5, 0.6) is 5.75 Å². The molecular weight excluding hydrogens is 288 g/mol. The normalized spacial score (nSPS) is 10.6. The third-order valence-electron chi connectivity index (χ3n) is 2.69. The second-order valence-electron chi connectivity index (χ2n) is 4.18. The number of hydrogen-bond acceptors (Lipinski definition) is 3. The molecule has 0 radical (unpaired) electrons. The van der Waals surface area contributed by atoms with E-state index in [1.807, 2.05) is 31.2 Å². The number of rotatable bonds is 5. The largest absolute Gasteiger partial charge is 0.493 e. The van der Waals surface area contributed by atoms with Gasteiger partial charge < -0.3 is 4.74 Å². The predicted molar refractivity (Wildman–Crippen MR) is 84.1 cm³/mol. The lowest BCUT2D eigenvalue weighted by molar-refractivity contribution is 0.0955. The van der Waals surface area contributed by atoms with Gasteiger partial charge in [0.05, 0.1) is 12.8 Å². The van der Waals surface area contributed by atoms with Gasteiger partial charge >= 0.3 is 0 Å². The topological polar surface area (TPSA) is 50.7 Å². The molecule has 0 heterocycles. The number of halogens is 1. The third-order valence-corrected chi connectivity index (χ3v) is 2.95. The molecule has 1 amide bonds. The molecule has 2 aromatic rings. The lowest BCUT2D eigenvalue weighted by atomic mass is 10.2. The molecule has 2 aromatic carbocycles. The molecule has 0 bridgehead atoms. The van der Waals surface area contributed by atoms with E-state index in [1.54, 1.807) is 30.5 Å². The summed E-state index contributed by atoms with van der Waals surface area (Å²) in [6.07, 6.45) is 1.55. The molecule has 0 aliphatic heterocycles. The van der Waals surface area contributed by atoms with Crippen molar-refractivity contribution in [1.29, 1.82) is 0 Å². The summed E-state index contributed by atoms with van der Waals surface area (Å²) in [4.78, 5) is 11.9. The summed E-state index contributed by atoms with van der Waals surface area (Å²) < 4.78 is 5.47. The molecule has 0 fully saturated rings. The van der Waals surface area contributed by atoms with Crippen molar-refractivity contribution in [3.8, 4) is 5.75 Å². The summed E-state index contributed by atoms with van der Waals surface area (Å²) in [5.74, 6) is 0.432. The van der Waals surface area contributed by atoms with Crippen molar-refractivity contribution in [3.05, 3.63) is 64.7 Å². The van der Waals surface area contributed by atoms with Crippen molar-refractivity contribution in [2.24, 2.45) is 5.10 Å². The van der Waals surface area contributed by atoms with Crippen molar-refractivity contribution in [2.75, 3.05) is 6.61 Å². The summed E-state index contributed by atoms with van der Waals surface area (Å²) in [5, 5.41) is 4.53. The second kappa shape index (κ2) is 7.45. The zero-order valence-electron chi connectivity index (χ0n) is 11.5. The van der Waals surface area contributed by atoms with Crippen LogP contribution in [-0.4, -0.2) is 18.7 Å². The lowest BCUT2D eigenvalue weighted by Crippen LogP contribution is -2.17. The summed E-state index contributed by atoms with van der Waals surface area (Å²) in [6, 6.07) is 14.1. The first-order chi connectivity index (χ1) is 10.2. The van der Waals surface area contributed by atoms with E-state index in [9.17, 15) is 4.79 Å². The van der Waals surface area contributed by atoms with Crippen molar-refractivity contribution < 1.29 is 9.53 Å². The highest BCUT2D eigenvalue weighted by Gasteiger charge is 2.03. The summed E-state index contributed by atoms with van der Waals surface area (Å²) in [5.41, 5.74) is 3.76. The number of carbonyl (C=O) groups is 1. The SMILES string of the molecule is CCOc1ccccc1C=NNC(=O)c1ccc(Cl)cc1. The minimum absolute atomic E-state index is 0.295. The summed E-state index contributed by atoms with van der Waals surface area (Å²) >= 11 is 5.77. The minimum atomic E-state index is -0.295. The standard InChI is InChI=1S/C16H15ClN2O2/c1-2-21-15-6-4-3-5-13(15)11-18-19-16(20)12-7-9-14(17)10-8-12/h3-11H,2H2,1H3,(H,19,20). The Bertz CT molecular complexity index is 639. The summed E-state index contributed by atoms with van der Waals surface area (Å²) in [7, 11) is 0. The fourth-order valence-electron chi connectivity index (χ4n) is 1.70. The van der Waals surface area contributed by atoms with Gasteiger partial charge in [0.1, 0.15) is 5.75 Å². The predicted octanol–water partition coefficient (Wildman–Crippen LogP) is 3.50. The maximum Gasteiger partial charge on any atom is 0.271 e. The van der Waals surface area contributed by atoms with Crippen LogP contribution >= 0.6 is 11.6 Å². The van der Waals surface area contributed by atoms with Gasteiger partial charge in [-0.05, 0) is 43.3 Å². The molecule has 0 aromatic heterocycles. The van der Waals surface area contributed by atoms with Crippen LogP contribution in [0.15, 0.2) is 53.6 Å². The Hall–Kier alpha value is -2.33. The van der Waals surface area contributed by atoms with E-state index in [4.69, 9.17) is 16.3 Å². The van der Waals surface area contributed by atoms with Crippen LogP contribution in [0.4, 0.5) is 0 Å². The van der Waals surface area contributed by atoms with Crippen LogP contribution in [0.1, 0.15) is 22.8 Å². The van der Waals surface area contributed by atoms with Gasteiger partial charge in [-0.3, -0.25) is 4.79 Å². The van der Waals surface area contributed by atoms with Crippen LogP contribution in [0, 0.1) is 0 Å². The van der Waals surface area contributed by atoms with Crippen LogP contribution < -0.4 is 10.2 Å². The number of amides is 1. The summed E-state index contributed by atoms with van der Waals surface area (Å²) in [6.45, 7) is 2.48. The quantitative estimate of drug-likeness (QED) is 0.679. The smallest absolute Gasteiger partial charge is 0.271 e. The van der Waals surface area contributed by atoms with Crippen LogP contribution in [0.3, 0.4) is 0 Å². The fourth-order valence-corrected chi connectivity index (χ4v) is 1.83. The van der Waals surface area contributed by atoms with Gasteiger partial charge in [-0.15, -0.1) is 0 Å². The van der Waals surface area contributed by atoms with Gasteiger partial charge in [-0.2, -0.15) is 5.10 Å². The zero-order valence-corrected chi connectivity index (χ0v) is 12.3. The second-order valence-corrected chi connectivity index (χ2v) is 4.61. The number of para-hydroxylation sites is 1. The highest BCUT2D eigenvalue weighted by atomic mass is 35.5. The lowest BCUT2D eigenvalue weighted by Gasteiger charge is -2.05. The van der Waals surface area contributed by atoms with E-state index in [0.717, 1.165) is 11.3 Å². The average molecular weight is 303 g/mol. The molecule has 21 heavy (non-hydrogen) atoms. The molecule has 0 atom stereocenters. The molecule has 0 aliphatic rings. The molecule has 1 N–H and O–H groups in total. The van der Waals surface area contributed by atoms with Crippen LogP contribution in [0.2, 0.25) is 5.02 Å². The number of hydrazone groups is 1. The van der Waals surface area contributed by atoms with Gasteiger partial charge in [0.2, 0.25) is 0 Å². The highest BCUT2D eigenvalue weighted by molar-refractivity contribution is 6.30. The molecular formula is C16H15ClN2O2. The maximum atomic E-state index is 11.9. The van der Waals surface area contributed by atoms with Gasteiger partial charge in [0, 0.05) is 16.1 Å². The Kier molecular flexibility index (Phi) is 5.35.